The number of fused-ring (bicyclic) bond motifs is 5. The Morgan fingerprint density at radius 2 is 1.74 bits per heavy atom. The standard InChI is InChI=1S/C16H15N3/c1-8-6-13-12-5-4-11-7-17-19-15(11)16(12)18-14(13)10(3)9(8)2/h4-7,18H,1-3H3,(H,17,19). The van der Waals surface area contributed by atoms with E-state index in [1.165, 1.54) is 33.0 Å². The molecule has 2 heterocycles. The zero-order chi connectivity index (χ0) is 13.1. The van der Waals surface area contributed by atoms with Gasteiger partial charge in [0.1, 0.15) is 0 Å². The van der Waals surface area contributed by atoms with Gasteiger partial charge in [0.2, 0.25) is 0 Å². The van der Waals surface area contributed by atoms with Gasteiger partial charge >= 0.3 is 0 Å². The average molecular weight is 249 g/mol. The van der Waals surface area contributed by atoms with E-state index in [-0.39, 0.29) is 0 Å². The molecule has 2 aromatic heterocycles. The second-order valence-corrected chi connectivity index (χ2v) is 5.31. The summed E-state index contributed by atoms with van der Waals surface area (Å²) in [5, 5.41) is 10.9. The maximum Gasteiger partial charge on any atom is 0.0891 e. The molecule has 0 fully saturated rings. The smallest absolute Gasteiger partial charge is 0.0891 e. The summed E-state index contributed by atoms with van der Waals surface area (Å²) in [6, 6.07) is 6.58. The van der Waals surface area contributed by atoms with E-state index >= 15 is 0 Å². The molecule has 0 bridgehead atoms. The first-order valence-electron chi connectivity index (χ1n) is 6.51. The molecule has 94 valence electrons. The van der Waals surface area contributed by atoms with Crippen molar-refractivity contribution < 1.29 is 0 Å². The molecule has 3 nitrogen and oxygen atoms in total. The van der Waals surface area contributed by atoms with Gasteiger partial charge in [-0.2, -0.15) is 5.10 Å². The minimum atomic E-state index is 1.09. The lowest BCUT2D eigenvalue weighted by Gasteiger charge is -2.05. The predicted molar refractivity (Wildman–Crippen MR) is 79.7 cm³/mol. The molecule has 3 heteroatoms. The molecule has 4 aromatic rings. The van der Waals surface area contributed by atoms with Crippen LogP contribution >= 0.6 is 0 Å². The van der Waals surface area contributed by atoms with Crippen LogP contribution in [-0.4, -0.2) is 15.2 Å². The molecule has 0 spiro atoms. The van der Waals surface area contributed by atoms with E-state index in [1.807, 2.05) is 6.20 Å². The lowest BCUT2D eigenvalue weighted by atomic mass is 10.00. The lowest BCUT2D eigenvalue weighted by Crippen LogP contribution is -1.87. The quantitative estimate of drug-likeness (QED) is 0.483. The van der Waals surface area contributed by atoms with Crippen molar-refractivity contribution in [3.63, 3.8) is 0 Å². The number of hydrogen-bond donors (Lipinski definition) is 2. The summed E-state index contributed by atoms with van der Waals surface area (Å²) in [6.07, 6.45) is 1.86. The topological polar surface area (TPSA) is 44.5 Å². The van der Waals surface area contributed by atoms with E-state index in [4.69, 9.17) is 0 Å². The van der Waals surface area contributed by atoms with E-state index in [0.717, 1.165) is 16.4 Å². The maximum absolute atomic E-state index is 4.13. The van der Waals surface area contributed by atoms with E-state index in [0.29, 0.717) is 0 Å². The van der Waals surface area contributed by atoms with Crippen LogP contribution in [-0.2, 0) is 0 Å². The van der Waals surface area contributed by atoms with Gasteiger partial charge in [-0.1, -0.05) is 12.1 Å². The maximum atomic E-state index is 4.13. The van der Waals surface area contributed by atoms with Crippen molar-refractivity contribution in [2.24, 2.45) is 0 Å². The fourth-order valence-electron chi connectivity index (χ4n) is 2.95. The molecule has 2 N–H and O–H groups in total. The monoisotopic (exact) mass is 249 g/mol. The van der Waals surface area contributed by atoms with Crippen LogP contribution in [0.2, 0.25) is 0 Å². The Labute approximate surface area is 110 Å². The summed E-state index contributed by atoms with van der Waals surface area (Å²) in [7, 11) is 0. The molecule has 0 atom stereocenters. The molecule has 0 saturated carbocycles. The average Bonchev–Trinajstić information content (AvgIpc) is 2.99. The van der Waals surface area contributed by atoms with E-state index in [1.54, 1.807) is 0 Å². The van der Waals surface area contributed by atoms with Gasteiger partial charge in [-0.15, -0.1) is 0 Å². The second kappa shape index (κ2) is 3.38. The molecule has 0 radical (unpaired) electrons. The number of aromatic nitrogens is 3. The third-order valence-electron chi connectivity index (χ3n) is 4.32. The van der Waals surface area contributed by atoms with Crippen LogP contribution in [0.5, 0.6) is 0 Å². The number of nitrogens with zero attached hydrogens (tertiary/aromatic N) is 1. The number of aromatic amines is 2. The van der Waals surface area contributed by atoms with Gasteiger partial charge in [0.05, 0.1) is 17.2 Å². The van der Waals surface area contributed by atoms with Crippen LogP contribution in [0.25, 0.3) is 32.7 Å². The summed E-state index contributed by atoms with van der Waals surface area (Å²) < 4.78 is 0. The second-order valence-electron chi connectivity index (χ2n) is 5.31. The van der Waals surface area contributed by atoms with Gasteiger partial charge in [0.15, 0.2) is 0 Å². The third kappa shape index (κ3) is 1.24. The highest BCUT2D eigenvalue weighted by molar-refractivity contribution is 6.16. The lowest BCUT2D eigenvalue weighted by molar-refractivity contribution is 1.12. The number of hydrogen-bond acceptors (Lipinski definition) is 1. The van der Waals surface area contributed by atoms with Crippen molar-refractivity contribution in [2.75, 3.05) is 0 Å². The van der Waals surface area contributed by atoms with Crippen LogP contribution in [0.3, 0.4) is 0 Å². The van der Waals surface area contributed by atoms with Crippen LogP contribution in [0, 0.1) is 20.8 Å². The summed E-state index contributed by atoms with van der Waals surface area (Å²) in [5.74, 6) is 0. The van der Waals surface area contributed by atoms with Crippen molar-refractivity contribution in [1.82, 2.24) is 15.2 Å². The molecule has 19 heavy (non-hydrogen) atoms. The highest BCUT2D eigenvalue weighted by Crippen LogP contribution is 2.33. The van der Waals surface area contributed by atoms with Crippen LogP contribution < -0.4 is 0 Å². The van der Waals surface area contributed by atoms with Crippen LogP contribution in [0.4, 0.5) is 0 Å². The molecule has 4 rings (SSSR count). The highest BCUT2D eigenvalue weighted by Gasteiger charge is 2.12. The molecular weight excluding hydrogens is 234 g/mol. The Hall–Kier alpha value is -2.29. The van der Waals surface area contributed by atoms with Crippen molar-refractivity contribution in [2.45, 2.75) is 20.8 Å². The first-order chi connectivity index (χ1) is 9.16. The van der Waals surface area contributed by atoms with Crippen molar-refractivity contribution >= 4 is 32.7 Å². The molecule has 0 aliphatic carbocycles. The van der Waals surface area contributed by atoms with Gasteiger partial charge in [-0.25, -0.2) is 0 Å². The summed E-state index contributed by atoms with van der Waals surface area (Å²) in [4.78, 5) is 3.57. The zero-order valence-corrected chi connectivity index (χ0v) is 11.3. The first-order valence-corrected chi connectivity index (χ1v) is 6.51. The Bertz CT molecular complexity index is 941. The third-order valence-corrected chi connectivity index (χ3v) is 4.32. The van der Waals surface area contributed by atoms with E-state index in [9.17, 15) is 0 Å². The van der Waals surface area contributed by atoms with Gasteiger partial charge in [-0.3, -0.25) is 5.10 Å². The molecule has 2 aromatic carbocycles. The Morgan fingerprint density at radius 3 is 2.58 bits per heavy atom. The zero-order valence-electron chi connectivity index (χ0n) is 11.3. The van der Waals surface area contributed by atoms with E-state index in [2.05, 4.69) is 54.2 Å². The number of aryl methyl sites for hydroxylation is 2. The van der Waals surface area contributed by atoms with Gasteiger partial charge in [0.25, 0.3) is 0 Å². The van der Waals surface area contributed by atoms with Gasteiger partial charge < -0.3 is 4.98 Å². The Balaban J connectivity index is 2.32. The minimum Gasteiger partial charge on any atom is -0.353 e. The van der Waals surface area contributed by atoms with Gasteiger partial charge in [0, 0.05) is 21.7 Å². The normalized spacial score (nSPS) is 11.9. The fraction of sp³-hybridized carbons (Fsp3) is 0.188. The summed E-state index contributed by atoms with van der Waals surface area (Å²) >= 11 is 0. The van der Waals surface area contributed by atoms with Crippen molar-refractivity contribution in [3.8, 4) is 0 Å². The first kappa shape index (κ1) is 10.6. The number of rotatable bonds is 0. The highest BCUT2D eigenvalue weighted by atomic mass is 15.1. The van der Waals surface area contributed by atoms with Crippen LogP contribution in [0.15, 0.2) is 24.4 Å². The number of benzene rings is 2. The minimum absolute atomic E-state index is 1.09. The summed E-state index contributed by atoms with van der Waals surface area (Å²) in [6.45, 7) is 6.54. The molecule has 0 unspecified atom stereocenters. The largest absolute Gasteiger partial charge is 0.353 e. The van der Waals surface area contributed by atoms with Crippen LogP contribution in [0.1, 0.15) is 16.7 Å². The number of nitrogens with one attached hydrogen (secondary N) is 2. The van der Waals surface area contributed by atoms with E-state index < -0.39 is 0 Å². The van der Waals surface area contributed by atoms with Crippen molar-refractivity contribution in [3.05, 3.63) is 41.1 Å². The Kier molecular flexibility index (Phi) is 1.89. The fourth-order valence-corrected chi connectivity index (χ4v) is 2.95. The molecule has 0 aliphatic heterocycles. The number of H-pyrrole nitrogens is 2. The van der Waals surface area contributed by atoms with Gasteiger partial charge in [-0.05, 0) is 43.5 Å². The molecule has 0 amide bonds. The summed E-state index contributed by atoms with van der Waals surface area (Å²) in [5.41, 5.74) is 7.51. The van der Waals surface area contributed by atoms with Crippen molar-refractivity contribution in [1.29, 1.82) is 0 Å². The SMILES string of the molecule is Cc1cc2c([nH]c3c2ccc2cn[nH]c23)c(C)c1C. The Morgan fingerprint density at radius 1 is 0.895 bits per heavy atom. The predicted octanol–water partition coefficient (Wildman–Crippen LogP) is 4.12. The molecular formula is C16H15N3. The molecule has 0 saturated heterocycles. The molecule has 0 aliphatic rings.